The average Bonchev–Trinajstić information content (AvgIpc) is 2.25. The molecule has 6 heteroatoms. The predicted molar refractivity (Wildman–Crippen MR) is 59.9 cm³/mol. The number of carbonyl (C=O) groups is 1. The van der Waals surface area contributed by atoms with Gasteiger partial charge < -0.3 is 4.74 Å². The molecule has 0 radical (unpaired) electrons. The van der Waals surface area contributed by atoms with E-state index in [0.717, 1.165) is 18.2 Å². The summed E-state index contributed by atoms with van der Waals surface area (Å²) in [7, 11) is 1.20. The van der Waals surface area contributed by atoms with Gasteiger partial charge in [0.2, 0.25) is 0 Å². The van der Waals surface area contributed by atoms with E-state index in [9.17, 15) is 18.0 Å². The summed E-state index contributed by atoms with van der Waals surface area (Å²) < 4.78 is 42.1. The Kier molecular flexibility index (Phi) is 3.85. The molecule has 0 aromatic heterocycles. The normalized spacial score (nSPS) is 11.2. The highest BCUT2D eigenvalue weighted by atomic mass is 19.4. The number of rotatable bonds is 2. The molecule has 0 aliphatic rings. The van der Waals surface area contributed by atoms with Gasteiger partial charge in [-0.2, -0.15) is 13.2 Å². The molecule has 0 unspecified atom stereocenters. The summed E-state index contributed by atoms with van der Waals surface area (Å²) in [5, 5.41) is 0. The molecule has 0 saturated carbocycles. The molecule has 0 spiro atoms. The molecule has 0 bridgehead atoms. The van der Waals surface area contributed by atoms with Gasteiger partial charge in [0.1, 0.15) is 0 Å². The fourth-order valence-electron chi connectivity index (χ4n) is 1.51. The first-order valence-corrected chi connectivity index (χ1v) is 5.06. The Hall–Kier alpha value is -1.46. The number of carbonyl (C=O) groups excluding carboxylic acids is 1. The Morgan fingerprint density at radius 3 is 2.29 bits per heavy atom. The number of hydrogen-bond acceptors (Lipinski definition) is 2. The van der Waals surface area contributed by atoms with Crippen molar-refractivity contribution in [1.29, 1.82) is 0 Å². The van der Waals surface area contributed by atoms with Crippen molar-refractivity contribution in [3.8, 4) is 0 Å². The van der Waals surface area contributed by atoms with Crippen LogP contribution in [0.25, 0.3) is 0 Å². The van der Waals surface area contributed by atoms with Crippen molar-refractivity contribution >= 4 is 18.1 Å². The van der Waals surface area contributed by atoms with Gasteiger partial charge in [0.05, 0.1) is 18.2 Å². The molecule has 0 saturated heterocycles. The second-order valence-corrected chi connectivity index (χ2v) is 3.95. The molecular formula is C11H12BF3O2. The van der Waals surface area contributed by atoms with Crippen molar-refractivity contribution in [3.63, 3.8) is 0 Å². The zero-order valence-corrected chi connectivity index (χ0v) is 9.76. The maximum absolute atomic E-state index is 12.5. The van der Waals surface area contributed by atoms with Crippen molar-refractivity contribution in [3.05, 3.63) is 29.3 Å². The van der Waals surface area contributed by atoms with Gasteiger partial charge in [-0.05, 0) is 12.1 Å². The zero-order valence-electron chi connectivity index (χ0n) is 9.76. The molecule has 0 fully saturated rings. The van der Waals surface area contributed by atoms with Crippen LogP contribution in [0, 0.1) is 0 Å². The van der Waals surface area contributed by atoms with Crippen molar-refractivity contribution < 1.29 is 22.7 Å². The molecule has 1 aromatic rings. The van der Waals surface area contributed by atoms with E-state index in [1.54, 1.807) is 13.6 Å². The number of ether oxygens (including phenoxy) is 1. The summed E-state index contributed by atoms with van der Waals surface area (Å²) in [5.41, 5.74) is -0.240. The van der Waals surface area contributed by atoms with Crippen LogP contribution >= 0.6 is 0 Å². The van der Waals surface area contributed by atoms with Crippen LogP contribution in [0.2, 0.25) is 13.6 Å². The lowest BCUT2D eigenvalue weighted by molar-refractivity contribution is -0.137. The quantitative estimate of drug-likeness (QED) is 0.590. The van der Waals surface area contributed by atoms with Gasteiger partial charge in [-0.1, -0.05) is 25.2 Å². The Morgan fingerprint density at radius 1 is 1.29 bits per heavy atom. The van der Waals surface area contributed by atoms with Crippen LogP contribution in [0.3, 0.4) is 0 Å². The van der Waals surface area contributed by atoms with Crippen LogP contribution in [0.4, 0.5) is 13.2 Å². The Morgan fingerprint density at radius 2 is 1.88 bits per heavy atom. The van der Waals surface area contributed by atoms with Crippen molar-refractivity contribution in [2.75, 3.05) is 7.11 Å². The standard InChI is InChI=1S/C11H12BF3O2/c1-12(2)9-6-7(11(13,14)15)4-5-8(9)10(16)17-3/h4-6H,1-3H3. The molecule has 1 aromatic carbocycles. The number of esters is 1. The summed E-state index contributed by atoms with van der Waals surface area (Å²) in [6.45, 7) is 3.26. The fourth-order valence-corrected chi connectivity index (χ4v) is 1.51. The van der Waals surface area contributed by atoms with E-state index in [4.69, 9.17) is 0 Å². The van der Waals surface area contributed by atoms with E-state index in [1.807, 2.05) is 0 Å². The lowest BCUT2D eigenvalue weighted by Crippen LogP contribution is -2.31. The van der Waals surface area contributed by atoms with E-state index >= 15 is 0 Å². The molecule has 17 heavy (non-hydrogen) atoms. The summed E-state index contributed by atoms with van der Waals surface area (Å²) in [5.74, 6) is -0.623. The third kappa shape index (κ3) is 3.02. The number of benzene rings is 1. The highest BCUT2D eigenvalue weighted by Crippen LogP contribution is 2.28. The van der Waals surface area contributed by atoms with Crippen LogP contribution < -0.4 is 5.46 Å². The first-order chi connectivity index (χ1) is 7.77. The summed E-state index contributed by atoms with van der Waals surface area (Å²) >= 11 is 0. The molecule has 0 atom stereocenters. The molecule has 0 aliphatic heterocycles. The van der Waals surface area contributed by atoms with Crippen molar-refractivity contribution in [2.45, 2.75) is 19.8 Å². The van der Waals surface area contributed by atoms with E-state index in [0.29, 0.717) is 5.46 Å². The predicted octanol–water partition coefficient (Wildman–Crippen LogP) is 2.45. The third-order valence-corrected chi connectivity index (χ3v) is 2.41. The summed E-state index contributed by atoms with van der Waals surface area (Å²) in [6, 6.07) is 3.04. The third-order valence-electron chi connectivity index (χ3n) is 2.41. The smallest absolute Gasteiger partial charge is 0.416 e. The maximum atomic E-state index is 12.5. The minimum absolute atomic E-state index is 0.176. The van der Waals surface area contributed by atoms with Crippen LogP contribution in [0.5, 0.6) is 0 Å². The van der Waals surface area contributed by atoms with Gasteiger partial charge >= 0.3 is 12.1 Å². The van der Waals surface area contributed by atoms with Crippen LogP contribution in [0.1, 0.15) is 15.9 Å². The highest BCUT2D eigenvalue weighted by Gasteiger charge is 2.32. The van der Waals surface area contributed by atoms with E-state index in [-0.39, 0.29) is 12.3 Å². The Bertz CT molecular complexity index is 427. The van der Waals surface area contributed by atoms with E-state index in [1.165, 1.54) is 7.11 Å². The molecule has 92 valence electrons. The molecule has 0 N–H and O–H groups in total. The van der Waals surface area contributed by atoms with Crippen LogP contribution in [0.15, 0.2) is 18.2 Å². The molecule has 2 nitrogen and oxygen atoms in total. The Labute approximate surface area is 97.9 Å². The number of hydrogen-bond donors (Lipinski definition) is 0. The lowest BCUT2D eigenvalue weighted by atomic mass is 9.48. The molecule has 1 rings (SSSR count). The first kappa shape index (κ1) is 13.6. The van der Waals surface area contributed by atoms with E-state index < -0.39 is 17.7 Å². The largest absolute Gasteiger partial charge is 0.465 e. The second-order valence-electron chi connectivity index (χ2n) is 3.95. The molecule has 0 heterocycles. The van der Waals surface area contributed by atoms with Crippen molar-refractivity contribution in [1.82, 2.24) is 0 Å². The SMILES string of the molecule is COC(=O)c1ccc(C(F)(F)F)cc1B(C)C. The Balaban J connectivity index is 3.32. The average molecular weight is 244 g/mol. The zero-order chi connectivity index (χ0) is 13.2. The lowest BCUT2D eigenvalue weighted by Gasteiger charge is -2.13. The van der Waals surface area contributed by atoms with Crippen LogP contribution in [-0.2, 0) is 10.9 Å². The van der Waals surface area contributed by atoms with E-state index in [2.05, 4.69) is 4.74 Å². The molecule has 0 aliphatic carbocycles. The maximum Gasteiger partial charge on any atom is 0.416 e. The van der Waals surface area contributed by atoms with Gasteiger partial charge in [0.15, 0.2) is 6.71 Å². The number of alkyl halides is 3. The first-order valence-electron chi connectivity index (χ1n) is 5.06. The molecular weight excluding hydrogens is 232 g/mol. The number of halogens is 3. The number of methoxy groups -OCH3 is 1. The second kappa shape index (κ2) is 4.81. The minimum atomic E-state index is -4.40. The van der Waals surface area contributed by atoms with Gasteiger partial charge in [-0.15, -0.1) is 0 Å². The summed E-state index contributed by atoms with van der Waals surface area (Å²) in [6.07, 6.45) is -4.40. The highest BCUT2D eigenvalue weighted by molar-refractivity contribution is 6.72. The van der Waals surface area contributed by atoms with Crippen LogP contribution in [-0.4, -0.2) is 19.8 Å². The minimum Gasteiger partial charge on any atom is -0.465 e. The molecule has 0 amide bonds. The summed E-state index contributed by atoms with van der Waals surface area (Å²) in [4.78, 5) is 11.4. The van der Waals surface area contributed by atoms with Gasteiger partial charge in [-0.25, -0.2) is 4.79 Å². The monoisotopic (exact) mass is 244 g/mol. The van der Waals surface area contributed by atoms with Gasteiger partial charge in [0.25, 0.3) is 0 Å². The fraction of sp³-hybridized carbons (Fsp3) is 0.364. The van der Waals surface area contributed by atoms with Gasteiger partial charge in [-0.3, -0.25) is 0 Å². The topological polar surface area (TPSA) is 26.3 Å². The van der Waals surface area contributed by atoms with Crippen molar-refractivity contribution in [2.24, 2.45) is 0 Å². The van der Waals surface area contributed by atoms with Gasteiger partial charge in [0, 0.05) is 0 Å².